The molecule has 32 heavy (non-hydrogen) atoms. The van der Waals surface area contributed by atoms with E-state index in [1.165, 1.54) is 0 Å². The summed E-state index contributed by atoms with van der Waals surface area (Å²) in [5.74, 6) is 2.08. The second kappa shape index (κ2) is 10.0. The second-order valence-electron chi connectivity index (χ2n) is 7.65. The van der Waals surface area contributed by atoms with Crippen LogP contribution in [0.1, 0.15) is 18.7 Å². The Labute approximate surface area is 191 Å². The standard InChI is InChI=1S/C23H25ClN4O4/c1-30-18-9-10-20(31-2)19(12-18)25-23(29)16-4-3-11-28(13-16)14-21-26-22(27-32-21)15-5-7-17(24)8-6-15/h5-10,12,16H,3-4,11,13-14H2,1-2H3,(H,25,29). The highest BCUT2D eigenvalue weighted by Gasteiger charge is 2.27. The fourth-order valence-corrected chi connectivity index (χ4v) is 3.91. The number of halogens is 1. The molecule has 1 aliphatic heterocycles. The highest BCUT2D eigenvalue weighted by atomic mass is 35.5. The Kier molecular flexibility index (Phi) is 6.92. The van der Waals surface area contributed by atoms with Crippen LogP contribution in [-0.4, -0.2) is 48.3 Å². The number of amides is 1. The minimum atomic E-state index is -0.154. The minimum Gasteiger partial charge on any atom is -0.497 e. The van der Waals surface area contributed by atoms with E-state index in [0.717, 1.165) is 24.9 Å². The number of anilines is 1. The van der Waals surface area contributed by atoms with E-state index in [2.05, 4.69) is 20.4 Å². The van der Waals surface area contributed by atoms with Crippen LogP contribution in [0.25, 0.3) is 11.4 Å². The van der Waals surface area contributed by atoms with Gasteiger partial charge in [-0.05, 0) is 55.8 Å². The summed E-state index contributed by atoms with van der Waals surface area (Å²) in [5, 5.41) is 7.71. The van der Waals surface area contributed by atoms with E-state index in [9.17, 15) is 4.79 Å². The number of rotatable bonds is 7. The molecule has 0 radical (unpaired) electrons. The van der Waals surface area contributed by atoms with Gasteiger partial charge in [0.25, 0.3) is 0 Å². The van der Waals surface area contributed by atoms with Gasteiger partial charge in [-0.2, -0.15) is 4.98 Å². The van der Waals surface area contributed by atoms with Crippen LogP contribution in [-0.2, 0) is 11.3 Å². The summed E-state index contributed by atoms with van der Waals surface area (Å²) in [7, 11) is 3.16. The topological polar surface area (TPSA) is 89.7 Å². The first kappa shape index (κ1) is 22.1. The summed E-state index contributed by atoms with van der Waals surface area (Å²) in [4.78, 5) is 19.6. The Morgan fingerprint density at radius 3 is 2.78 bits per heavy atom. The lowest BCUT2D eigenvalue weighted by molar-refractivity contribution is -0.121. The van der Waals surface area contributed by atoms with Crippen molar-refractivity contribution in [1.29, 1.82) is 0 Å². The van der Waals surface area contributed by atoms with E-state index in [1.54, 1.807) is 44.6 Å². The van der Waals surface area contributed by atoms with Crippen LogP contribution in [0.2, 0.25) is 5.02 Å². The van der Waals surface area contributed by atoms with Gasteiger partial charge in [0.05, 0.1) is 32.4 Å². The lowest BCUT2D eigenvalue weighted by atomic mass is 9.97. The number of carbonyl (C=O) groups excluding carboxylic acids is 1. The molecule has 168 valence electrons. The van der Waals surface area contributed by atoms with Crippen molar-refractivity contribution in [2.75, 3.05) is 32.6 Å². The van der Waals surface area contributed by atoms with E-state index in [4.69, 9.17) is 25.6 Å². The Balaban J connectivity index is 1.38. The number of nitrogens with zero attached hydrogens (tertiary/aromatic N) is 3. The number of piperidine rings is 1. The third-order valence-corrected chi connectivity index (χ3v) is 5.72. The molecule has 1 unspecified atom stereocenters. The van der Waals surface area contributed by atoms with Gasteiger partial charge in [-0.15, -0.1) is 0 Å². The number of nitrogens with one attached hydrogen (secondary N) is 1. The maximum Gasteiger partial charge on any atom is 0.241 e. The number of benzene rings is 2. The molecule has 2 heterocycles. The monoisotopic (exact) mass is 456 g/mol. The first-order valence-corrected chi connectivity index (χ1v) is 10.8. The summed E-state index contributed by atoms with van der Waals surface area (Å²) in [6.07, 6.45) is 1.72. The van der Waals surface area contributed by atoms with Gasteiger partial charge < -0.3 is 19.3 Å². The van der Waals surface area contributed by atoms with Crippen LogP contribution < -0.4 is 14.8 Å². The van der Waals surface area contributed by atoms with E-state index < -0.39 is 0 Å². The molecule has 1 amide bonds. The van der Waals surface area contributed by atoms with Gasteiger partial charge in [-0.25, -0.2) is 0 Å². The van der Waals surface area contributed by atoms with Crippen molar-refractivity contribution in [3.8, 4) is 22.9 Å². The van der Waals surface area contributed by atoms with Crippen molar-refractivity contribution in [2.24, 2.45) is 5.92 Å². The molecule has 0 aliphatic carbocycles. The molecule has 0 saturated carbocycles. The smallest absolute Gasteiger partial charge is 0.241 e. The fraction of sp³-hybridized carbons (Fsp3) is 0.348. The number of hydrogen-bond acceptors (Lipinski definition) is 7. The van der Waals surface area contributed by atoms with Crippen LogP contribution in [0.4, 0.5) is 5.69 Å². The Morgan fingerprint density at radius 1 is 1.22 bits per heavy atom. The zero-order chi connectivity index (χ0) is 22.5. The highest BCUT2D eigenvalue weighted by Crippen LogP contribution is 2.30. The highest BCUT2D eigenvalue weighted by molar-refractivity contribution is 6.30. The molecule has 8 nitrogen and oxygen atoms in total. The van der Waals surface area contributed by atoms with Gasteiger partial charge in [0, 0.05) is 23.2 Å². The molecule has 1 aromatic heterocycles. The van der Waals surface area contributed by atoms with Gasteiger partial charge >= 0.3 is 0 Å². The van der Waals surface area contributed by atoms with Crippen molar-refractivity contribution in [3.05, 3.63) is 53.4 Å². The molecule has 1 saturated heterocycles. The molecule has 1 aliphatic rings. The second-order valence-corrected chi connectivity index (χ2v) is 8.08. The van der Waals surface area contributed by atoms with Gasteiger partial charge in [0.1, 0.15) is 11.5 Å². The van der Waals surface area contributed by atoms with Crippen LogP contribution in [0.5, 0.6) is 11.5 Å². The SMILES string of the molecule is COc1ccc(OC)c(NC(=O)C2CCCN(Cc3nc(-c4ccc(Cl)cc4)no3)C2)c1. The molecule has 4 rings (SSSR count). The van der Waals surface area contributed by atoms with Gasteiger partial charge in [0.2, 0.25) is 17.6 Å². The van der Waals surface area contributed by atoms with Crippen LogP contribution >= 0.6 is 11.6 Å². The molecule has 1 atom stereocenters. The largest absolute Gasteiger partial charge is 0.497 e. The molecular weight excluding hydrogens is 432 g/mol. The zero-order valence-electron chi connectivity index (χ0n) is 18.0. The van der Waals surface area contributed by atoms with Crippen LogP contribution in [0, 0.1) is 5.92 Å². The number of likely N-dealkylation sites (tertiary alicyclic amines) is 1. The van der Waals surface area contributed by atoms with E-state index in [-0.39, 0.29) is 11.8 Å². The number of ether oxygens (including phenoxy) is 2. The number of methoxy groups -OCH3 is 2. The van der Waals surface area contributed by atoms with Gasteiger partial charge in [-0.1, -0.05) is 16.8 Å². The summed E-state index contributed by atoms with van der Waals surface area (Å²) in [5.41, 5.74) is 1.44. The molecule has 3 aromatic rings. The number of aromatic nitrogens is 2. The molecule has 0 spiro atoms. The van der Waals surface area contributed by atoms with Gasteiger partial charge in [-0.3, -0.25) is 9.69 Å². The summed E-state index contributed by atoms with van der Waals surface area (Å²) < 4.78 is 16.1. The van der Waals surface area contributed by atoms with Crippen LogP contribution in [0.15, 0.2) is 47.0 Å². The normalized spacial score (nSPS) is 16.5. The summed E-state index contributed by atoms with van der Waals surface area (Å²) in [6.45, 7) is 1.97. The average Bonchev–Trinajstić information content (AvgIpc) is 3.28. The quantitative estimate of drug-likeness (QED) is 0.568. The third kappa shape index (κ3) is 5.20. The molecule has 1 N–H and O–H groups in total. The first-order valence-electron chi connectivity index (χ1n) is 10.4. The van der Waals surface area contributed by atoms with Gasteiger partial charge in [0.15, 0.2) is 0 Å². The molecule has 1 fully saturated rings. The Morgan fingerprint density at radius 2 is 2.03 bits per heavy atom. The zero-order valence-corrected chi connectivity index (χ0v) is 18.8. The maximum absolute atomic E-state index is 13.0. The third-order valence-electron chi connectivity index (χ3n) is 5.47. The lowest BCUT2D eigenvalue weighted by Crippen LogP contribution is -2.40. The predicted octanol–water partition coefficient (Wildman–Crippen LogP) is 4.26. The molecular formula is C23H25ClN4O4. The summed E-state index contributed by atoms with van der Waals surface area (Å²) in [6, 6.07) is 12.6. The van der Waals surface area contributed by atoms with Crippen LogP contribution in [0.3, 0.4) is 0 Å². The maximum atomic E-state index is 13.0. The van der Waals surface area contributed by atoms with E-state index in [0.29, 0.717) is 47.0 Å². The number of hydrogen-bond donors (Lipinski definition) is 1. The minimum absolute atomic E-state index is 0.0476. The van der Waals surface area contributed by atoms with Crippen molar-refractivity contribution in [2.45, 2.75) is 19.4 Å². The van der Waals surface area contributed by atoms with Crippen molar-refractivity contribution in [1.82, 2.24) is 15.0 Å². The average molecular weight is 457 g/mol. The van der Waals surface area contributed by atoms with E-state index >= 15 is 0 Å². The predicted molar refractivity (Wildman–Crippen MR) is 121 cm³/mol. The Bertz CT molecular complexity index is 1070. The van der Waals surface area contributed by atoms with Crippen molar-refractivity contribution >= 4 is 23.2 Å². The summed E-state index contributed by atoms with van der Waals surface area (Å²) >= 11 is 5.94. The van der Waals surface area contributed by atoms with E-state index in [1.807, 2.05) is 12.1 Å². The number of carbonyl (C=O) groups is 1. The fourth-order valence-electron chi connectivity index (χ4n) is 3.79. The molecule has 0 bridgehead atoms. The molecule has 2 aromatic carbocycles. The van der Waals surface area contributed by atoms with Crippen molar-refractivity contribution in [3.63, 3.8) is 0 Å². The Hall–Kier alpha value is -3.10. The van der Waals surface area contributed by atoms with Crippen molar-refractivity contribution < 1.29 is 18.8 Å². The molecule has 9 heteroatoms. The lowest BCUT2D eigenvalue weighted by Gasteiger charge is -2.31. The first-order chi connectivity index (χ1) is 15.6.